The maximum atomic E-state index is 11.7. The Kier molecular flexibility index (Phi) is 4.63. The zero-order valence-corrected chi connectivity index (χ0v) is 12.5. The normalized spacial score (nSPS) is 15.1. The summed E-state index contributed by atoms with van der Waals surface area (Å²) in [7, 11) is -4.78. The lowest BCUT2D eigenvalue weighted by Gasteiger charge is -2.24. The van der Waals surface area contributed by atoms with Crippen molar-refractivity contribution in [1.82, 2.24) is 19.5 Å². The van der Waals surface area contributed by atoms with Gasteiger partial charge in [0, 0.05) is 0 Å². The Hall–Kier alpha value is -1.78. The number of anilines is 1. The van der Waals surface area contributed by atoms with Crippen LogP contribution in [0.5, 0.6) is 0 Å². The van der Waals surface area contributed by atoms with Crippen molar-refractivity contribution in [2.24, 2.45) is 0 Å². The lowest BCUT2D eigenvalue weighted by atomic mass is 10.3. The van der Waals surface area contributed by atoms with E-state index in [1.165, 1.54) is 0 Å². The first-order valence-electron chi connectivity index (χ1n) is 6.31. The third-order valence-electron chi connectivity index (χ3n) is 2.95. The number of hydrogen-bond acceptors (Lipinski definition) is 7. The molecular formula is C10H16N5O6P. The van der Waals surface area contributed by atoms with E-state index in [9.17, 15) is 19.1 Å². The van der Waals surface area contributed by atoms with Crippen molar-refractivity contribution in [2.45, 2.75) is 25.4 Å². The van der Waals surface area contributed by atoms with Crippen molar-refractivity contribution in [1.29, 1.82) is 0 Å². The van der Waals surface area contributed by atoms with Gasteiger partial charge in [-0.2, -0.15) is 4.98 Å². The first-order chi connectivity index (χ1) is 10.3. The number of H-pyrrole nitrogens is 1. The fourth-order valence-electron chi connectivity index (χ4n) is 1.85. The van der Waals surface area contributed by atoms with Gasteiger partial charge in [0.1, 0.15) is 0 Å². The highest BCUT2D eigenvalue weighted by atomic mass is 31.2. The van der Waals surface area contributed by atoms with Gasteiger partial charge in [0.15, 0.2) is 11.2 Å². The Morgan fingerprint density at radius 2 is 2.23 bits per heavy atom. The number of hydrogen-bond donors (Lipinski definition) is 5. The molecule has 0 fully saturated rings. The summed E-state index contributed by atoms with van der Waals surface area (Å²) in [5.74, 6) is -2.00. The maximum absolute atomic E-state index is 11.7. The lowest BCUT2D eigenvalue weighted by molar-refractivity contribution is -0.0442. The zero-order valence-electron chi connectivity index (χ0n) is 11.6. The topological polar surface area (TPSA) is 177 Å². The number of fused-ring (bicyclic) bond motifs is 1. The van der Waals surface area contributed by atoms with E-state index in [0.29, 0.717) is 6.42 Å². The molecular weight excluding hydrogens is 317 g/mol. The molecule has 2 atom stereocenters. The summed E-state index contributed by atoms with van der Waals surface area (Å²) in [6, 6.07) is 0. The van der Waals surface area contributed by atoms with E-state index in [-0.39, 0.29) is 17.1 Å². The van der Waals surface area contributed by atoms with Gasteiger partial charge in [-0.3, -0.25) is 18.9 Å². The quantitative estimate of drug-likeness (QED) is 0.420. The first-order valence-corrected chi connectivity index (χ1v) is 8.00. The number of aromatic nitrogens is 4. The molecule has 2 aromatic heterocycles. The molecule has 6 N–H and O–H groups in total. The zero-order chi connectivity index (χ0) is 16.5. The molecule has 0 aliphatic carbocycles. The number of rotatable bonds is 6. The lowest BCUT2D eigenvalue weighted by Crippen LogP contribution is -2.24. The summed E-state index contributed by atoms with van der Waals surface area (Å²) >= 11 is 0. The minimum absolute atomic E-state index is 0.123. The maximum Gasteiger partial charge on any atom is 0.375 e. The van der Waals surface area contributed by atoms with Crippen LogP contribution in [0.1, 0.15) is 19.3 Å². The van der Waals surface area contributed by atoms with Crippen molar-refractivity contribution in [2.75, 3.05) is 12.3 Å². The number of nitrogens with two attached hydrogens (primary N) is 1. The average Bonchev–Trinajstić information content (AvgIpc) is 2.82. The monoisotopic (exact) mass is 333 g/mol. The van der Waals surface area contributed by atoms with Crippen LogP contribution in [0.2, 0.25) is 0 Å². The van der Waals surface area contributed by atoms with Crippen molar-refractivity contribution in [3.05, 3.63) is 16.7 Å². The second kappa shape index (κ2) is 6.15. The largest absolute Gasteiger partial charge is 0.394 e. The summed E-state index contributed by atoms with van der Waals surface area (Å²) in [5, 5.41) is 9.15. The number of aliphatic hydroxyl groups excluding tert-OH is 1. The van der Waals surface area contributed by atoms with Crippen LogP contribution in [-0.2, 0) is 9.30 Å². The van der Waals surface area contributed by atoms with Gasteiger partial charge in [-0.05, 0) is 6.42 Å². The van der Waals surface area contributed by atoms with Crippen LogP contribution >= 0.6 is 7.60 Å². The van der Waals surface area contributed by atoms with Crippen molar-refractivity contribution < 1.29 is 24.2 Å². The van der Waals surface area contributed by atoms with Crippen LogP contribution in [-0.4, -0.2) is 47.1 Å². The number of nitrogens with zero attached hydrogens (tertiary/aromatic N) is 3. The Labute approximate surface area is 123 Å². The van der Waals surface area contributed by atoms with Crippen molar-refractivity contribution in [3.8, 4) is 0 Å². The van der Waals surface area contributed by atoms with Crippen molar-refractivity contribution in [3.63, 3.8) is 0 Å². The van der Waals surface area contributed by atoms with E-state index in [1.807, 2.05) is 0 Å². The van der Waals surface area contributed by atoms with Crippen LogP contribution in [0.3, 0.4) is 0 Å². The SMILES string of the molecule is CC[C@H](CO)OC(n1cnc2c(=O)[nH]c(N)nc21)P(=O)(O)O. The molecule has 0 bridgehead atoms. The summed E-state index contributed by atoms with van der Waals surface area (Å²) in [6.07, 6.45) is 0.560. The van der Waals surface area contributed by atoms with Gasteiger partial charge >= 0.3 is 7.60 Å². The summed E-state index contributed by atoms with van der Waals surface area (Å²) in [5.41, 5.74) is 4.54. The number of aliphatic hydroxyl groups is 1. The van der Waals surface area contributed by atoms with Gasteiger partial charge in [0.05, 0.1) is 19.0 Å². The number of imidazole rings is 1. The van der Waals surface area contributed by atoms with Crippen LogP contribution < -0.4 is 11.3 Å². The first kappa shape index (κ1) is 16.6. The fourth-order valence-corrected chi connectivity index (χ4v) is 2.68. The number of aromatic amines is 1. The molecule has 12 heteroatoms. The standard InChI is InChI=1S/C10H16N5O6P/c1-2-5(3-16)21-10(22(18,19)20)15-4-12-6-7(15)13-9(11)14-8(6)17/h4-5,10,16H,2-3H2,1H3,(H2,18,19,20)(H3,11,13,14,17)/t5-,10?/m1/s1. The average molecular weight is 333 g/mol. The van der Waals surface area contributed by atoms with E-state index < -0.39 is 31.8 Å². The highest BCUT2D eigenvalue weighted by Crippen LogP contribution is 2.50. The van der Waals surface area contributed by atoms with E-state index in [0.717, 1.165) is 10.9 Å². The van der Waals surface area contributed by atoms with E-state index in [2.05, 4.69) is 15.0 Å². The van der Waals surface area contributed by atoms with Crippen LogP contribution in [0.4, 0.5) is 5.95 Å². The molecule has 22 heavy (non-hydrogen) atoms. The summed E-state index contributed by atoms with van der Waals surface area (Å²) < 4.78 is 17.9. The smallest absolute Gasteiger partial charge is 0.375 e. The molecule has 11 nitrogen and oxygen atoms in total. The second-order valence-electron chi connectivity index (χ2n) is 4.54. The Morgan fingerprint density at radius 1 is 1.55 bits per heavy atom. The number of nitrogen functional groups attached to an aromatic ring is 1. The summed E-state index contributed by atoms with van der Waals surface area (Å²) in [4.78, 5) is 40.5. The molecule has 122 valence electrons. The molecule has 0 amide bonds. The molecule has 0 saturated carbocycles. The predicted octanol–water partition coefficient (Wildman–Crippen LogP) is -0.877. The molecule has 0 aliphatic rings. The van der Waals surface area contributed by atoms with E-state index in [4.69, 9.17) is 15.6 Å². The molecule has 0 aliphatic heterocycles. The van der Waals surface area contributed by atoms with Gasteiger partial charge in [-0.1, -0.05) is 6.92 Å². The minimum atomic E-state index is -4.78. The van der Waals surface area contributed by atoms with Gasteiger partial charge < -0.3 is 25.4 Å². The molecule has 0 saturated heterocycles. The molecule has 2 aromatic rings. The number of ether oxygens (including phenoxy) is 1. The van der Waals surface area contributed by atoms with Crippen LogP contribution in [0, 0.1) is 0 Å². The third kappa shape index (κ3) is 3.18. The molecule has 0 radical (unpaired) electrons. The van der Waals surface area contributed by atoms with Crippen LogP contribution in [0.15, 0.2) is 11.1 Å². The molecule has 1 unspecified atom stereocenters. The van der Waals surface area contributed by atoms with Crippen LogP contribution in [0.25, 0.3) is 11.2 Å². The second-order valence-corrected chi connectivity index (χ2v) is 6.16. The molecule has 0 spiro atoms. The van der Waals surface area contributed by atoms with E-state index in [1.54, 1.807) is 6.92 Å². The Balaban J connectivity index is 2.58. The highest BCUT2D eigenvalue weighted by molar-refractivity contribution is 7.51. The predicted molar refractivity (Wildman–Crippen MR) is 75.9 cm³/mol. The Morgan fingerprint density at radius 3 is 2.77 bits per heavy atom. The molecule has 2 rings (SSSR count). The molecule has 2 heterocycles. The molecule has 0 aromatic carbocycles. The third-order valence-corrected chi connectivity index (χ3v) is 3.90. The minimum Gasteiger partial charge on any atom is -0.394 e. The van der Waals surface area contributed by atoms with E-state index >= 15 is 0 Å². The Bertz CT molecular complexity index is 763. The van der Waals surface area contributed by atoms with Gasteiger partial charge in [0.25, 0.3) is 5.56 Å². The van der Waals surface area contributed by atoms with Crippen molar-refractivity contribution >= 4 is 24.7 Å². The number of nitrogens with one attached hydrogen (secondary N) is 1. The van der Waals surface area contributed by atoms with Gasteiger partial charge in [0.2, 0.25) is 11.9 Å². The van der Waals surface area contributed by atoms with Gasteiger partial charge in [-0.25, -0.2) is 4.98 Å². The highest BCUT2D eigenvalue weighted by Gasteiger charge is 2.35. The summed E-state index contributed by atoms with van der Waals surface area (Å²) in [6.45, 7) is 1.26. The fraction of sp³-hybridized carbons (Fsp3) is 0.500. The van der Waals surface area contributed by atoms with Gasteiger partial charge in [-0.15, -0.1) is 0 Å².